The molecule has 4 rings (SSSR count). The lowest BCUT2D eigenvalue weighted by atomic mass is 9.87. The number of anilines is 1. The zero-order valence-electron chi connectivity index (χ0n) is 18.6. The predicted octanol–water partition coefficient (Wildman–Crippen LogP) is 0.704. The van der Waals surface area contributed by atoms with E-state index < -0.39 is 0 Å². The molecule has 0 unspecified atom stereocenters. The van der Waals surface area contributed by atoms with Crippen LogP contribution in [0.5, 0.6) is 0 Å². The number of fused-ring (bicyclic) bond motifs is 1. The van der Waals surface area contributed by atoms with Gasteiger partial charge >= 0.3 is 0 Å². The van der Waals surface area contributed by atoms with Gasteiger partial charge < -0.3 is 19.9 Å². The number of nitriles is 1. The van der Waals surface area contributed by atoms with Gasteiger partial charge in [0.15, 0.2) is 0 Å². The Morgan fingerprint density at radius 2 is 2.03 bits per heavy atom. The third kappa shape index (κ3) is 4.31. The zero-order chi connectivity index (χ0) is 22.2. The van der Waals surface area contributed by atoms with E-state index in [1.807, 2.05) is 21.9 Å². The van der Waals surface area contributed by atoms with Crippen LogP contribution in [-0.4, -0.2) is 86.2 Å². The van der Waals surface area contributed by atoms with E-state index in [0.29, 0.717) is 51.5 Å². The molecule has 0 aliphatic carbocycles. The van der Waals surface area contributed by atoms with Crippen molar-refractivity contribution < 1.29 is 14.3 Å². The average Bonchev–Trinajstić information content (AvgIpc) is 3.04. The van der Waals surface area contributed by atoms with Crippen molar-refractivity contribution >= 4 is 17.5 Å². The largest absolute Gasteiger partial charge is 0.378 e. The molecule has 31 heavy (non-hydrogen) atoms. The summed E-state index contributed by atoms with van der Waals surface area (Å²) in [5.41, 5.74) is 2.26. The van der Waals surface area contributed by atoms with E-state index in [9.17, 15) is 14.9 Å². The van der Waals surface area contributed by atoms with Crippen LogP contribution in [0.25, 0.3) is 0 Å². The van der Waals surface area contributed by atoms with Crippen LogP contribution < -0.4 is 10.2 Å². The van der Waals surface area contributed by atoms with E-state index in [1.165, 1.54) is 0 Å². The van der Waals surface area contributed by atoms with Crippen LogP contribution in [0.1, 0.15) is 31.9 Å². The first-order valence-electron chi connectivity index (χ1n) is 11.0. The Hall–Kier alpha value is -2.47. The lowest BCUT2D eigenvalue weighted by Gasteiger charge is -2.41. The quantitative estimate of drug-likeness (QED) is 0.767. The van der Waals surface area contributed by atoms with Gasteiger partial charge in [0.2, 0.25) is 11.8 Å². The smallest absolute Gasteiger partial charge is 0.241 e. The molecule has 2 atom stereocenters. The first kappa shape index (κ1) is 21.8. The third-order valence-corrected chi connectivity index (χ3v) is 6.56. The Balaban J connectivity index is 1.53. The van der Waals surface area contributed by atoms with E-state index in [1.54, 1.807) is 11.0 Å². The van der Waals surface area contributed by atoms with Crippen molar-refractivity contribution in [1.82, 2.24) is 15.1 Å². The van der Waals surface area contributed by atoms with Gasteiger partial charge in [-0.05, 0) is 24.6 Å². The number of hydrogen-bond donors (Lipinski definition) is 1. The van der Waals surface area contributed by atoms with Crippen molar-refractivity contribution in [3.63, 3.8) is 0 Å². The SMILES string of the molecule is C[C@@H]1CN(CC(=O)N2CC(C)(C)c3ccc(C#N)cc32)[C@@H](C(=O)N2CCOCC2)CN1. The number of nitrogens with zero attached hydrogens (tertiary/aromatic N) is 4. The van der Waals surface area contributed by atoms with Crippen LogP contribution >= 0.6 is 0 Å². The van der Waals surface area contributed by atoms with E-state index in [2.05, 4.69) is 32.2 Å². The molecule has 0 spiro atoms. The number of carbonyl (C=O) groups is 2. The lowest BCUT2D eigenvalue weighted by molar-refractivity contribution is -0.142. The Morgan fingerprint density at radius 1 is 1.29 bits per heavy atom. The van der Waals surface area contributed by atoms with Gasteiger partial charge in [-0.25, -0.2) is 0 Å². The number of rotatable bonds is 3. The molecule has 8 nitrogen and oxygen atoms in total. The molecule has 3 aliphatic heterocycles. The fourth-order valence-electron chi connectivity index (χ4n) is 4.84. The molecule has 3 aliphatic rings. The Morgan fingerprint density at radius 3 is 2.74 bits per heavy atom. The molecule has 0 saturated carbocycles. The zero-order valence-corrected chi connectivity index (χ0v) is 18.6. The number of hydrogen-bond acceptors (Lipinski definition) is 6. The van der Waals surface area contributed by atoms with Gasteiger partial charge in [0, 0.05) is 49.9 Å². The van der Waals surface area contributed by atoms with Crippen LogP contribution in [0.4, 0.5) is 5.69 Å². The first-order valence-corrected chi connectivity index (χ1v) is 11.0. The molecule has 2 fully saturated rings. The Kier molecular flexibility index (Phi) is 6.02. The normalized spacial score (nSPS) is 25.7. The van der Waals surface area contributed by atoms with Gasteiger partial charge in [-0.2, -0.15) is 5.26 Å². The standard InChI is InChI=1S/C23H31N5O3/c1-16-13-27(20(12-25-16)22(30)26-6-8-31-9-7-26)14-21(29)28-15-23(2,3)18-5-4-17(11-24)10-19(18)28/h4-5,10,16,20,25H,6-9,12-15H2,1-3H3/t16-,20-/m1/s1. The molecule has 1 aromatic carbocycles. The topological polar surface area (TPSA) is 88.9 Å². The van der Waals surface area contributed by atoms with Crippen LogP contribution in [0.3, 0.4) is 0 Å². The summed E-state index contributed by atoms with van der Waals surface area (Å²) in [4.78, 5) is 32.3. The molecule has 2 amide bonds. The van der Waals surface area contributed by atoms with Gasteiger partial charge in [0.05, 0.1) is 31.4 Å². The number of benzene rings is 1. The molecule has 1 aromatic rings. The van der Waals surface area contributed by atoms with Crippen LogP contribution in [0.2, 0.25) is 0 Å². The van der Waals surface area contributed by atoms with Gasteiger partial charge in [-0.1, -0.05) is 19.9 Å². The van der Waals surface area contributed by atoms with Crippen molar-refractivity contribution in [2.75, 3.05) is 57.4 Å². The average molecular weight is 426 g/mol. The molecule has 0 aromatic heterocycles. The monoisotopic (exact) mass is 425 g/mol. The number of piperazine rings is 1. The maximum Gasteiger partial charge on any atom is 0.241 e. The van der Waals surface area contributed by atoms with Gasteiger partial charge in [-0.3, -0.25) is 14.5 Å². The highest BCUT2D eigenvalue weighted by molar-refractivity contribution is 5.98. The minimum absolute atomic E-state index is 0.0317. The number of amides is 2. The van der Waals surface area contributed by atoms with Crippen LogP contribution in [-0.2, 0) is 19.7 Å². The highest BCUT2D eigenvalue weighted by atomic mass is 16.5. The van der Waals surface area contributed by atoms with Crippen molar-refractivity contribution in [2.45, 2.75) is 38.3 Å². The third-order valence-electron chi connectivity index (χ3n) is 6.56. The van der Waals surface area contributed by atoms with Crippen molar-refractivity contribution in [2.24, 2.45) is 0 Å². The Labute approximate surface area is 183 Å². The second kappa shape index (κ2) is 8.58. The lowest BCUT2D eigenvalue weighted by Crippen LogP contribution is -2.63. The molecule has 0 radical (unpaired) electrons. The summed E-state index contributed by atoms with van der Waals surface area (Å²) < 4.78 is 5.38. The minimum atomic E-state index is -0.362. The molecule has 3 heterocycles. The molecule has 2 saturated heterocycles. The second-order valence-corrected chi connectivity index (χ2v) is 9.40. The summed E-state index contributed by atoms with van der Waals surface area (Å²) in [7, 11) is 0. The number of ether oxygens (including phenoxy) is 1. The van der Waals surface area contributed by atoms with Crippen molar-refractivity contribution in [1.29, 1.82) is 5.26 Å². The van der Waals surface area contributed by atoms with Crippen LogP contribution in [0, 0.1) is 11.3 Å². The van der Waals surface area contributed by atoms with E-state index in [4.69, 9.17) is 4.74 Å². The minimum Gasteiger partial charge on any atom is -0.378 e. The van der Waals surface area contributed by atoms with Gasteiger partial charge in [0.1, 0.15) is 6.04 Å². The van der Waals surface area contributed by atoms with E-state index in [-0.39, 0.29) is 35.9 Å². The number of carbonyl (C=O) groups excluding carboxylic acids is 2. The molecule has 8 heteroatoms. The molecule has 0 bridgehead atoms. The first-order chi connectivity index (χ1) is 14.8. The summed E-state index contributed by atoms with van der Waals surface area (Å²) in [6.07, 6.45) is 0. The Bertz CT molecular complexity index is 903. The van der Waals surface area contributed by atoms with Gasteiger partial charge in [-0.15, -0.1) is 0 Å². The van der Waals surface area contributed by atoms with E-state index >= 15 is 0 Å². The molecular formula is C23H31N5O3. The summed E-state index contributed by atoms with van der Waals surface area (Å²) in [5, 5.41) is 12.7. The number of morpholine rings is 1. The van der Waals surface area contributed by atoms with Crippen molar-refractivity contribution in [3.05, 3.63) is 29.3 Å². The summed E-state index contributed by atoms with van der Waals surface area (Å²) >= 11 is 0. The maximum atomic E-state index is 13.5. The second-order valence-electron chi connectivity index (χ2n) is 9.40. The summed E-state index contributed by atoms with van der Waals surface area (Å²) in [6, 6.07) is 7.58. The van der Waals surface area contributed by atoms with E-state index in [0.717, 1.165) is 11.3 Å². The van der Waals surface area contributed by atoms with Crippen molar-refractivity contribution in [3.8, 4) is 6.07 Å². The number of nitrogens with one attached hydrogen (secondary N) is 1. The summed E-state index contributed by atoms with van der Waals surface area (Å²) in [5.74, 6) is 0.0280. The molecule has 1 N–H and O–H groups in total. The predicted molar refractivity (Wildman–Crippen MR) is 117 cm³/mol. The highest BCUT2D eigenvalue weighted by Gasteiger charge is 2.41. The summed E-state index contributed by atoms with van der Waals surface area (Å²) in [6.45, 7) is 10.5. The highest BCUT2D eigenvalue weighted by Crippen LogP contribution is 2.41. The van der Waals surface area contributed by atoms with Crippen LogP contribution in [0.15, 0.2) is 18.2 Å². The van der Waals surface area contributed by atoms with Gasteiger partial charge in [0.25, 0.3) is 0 Å². The molecular weight excluding hydrogens is 394 g/mol. The fourth-order valence-corrected chi connectivity index (χ4v) is 4.84. The fraction of sp³-hybridized carbons (Fsp3) is 0.609. The molecule has 166 valence electrons. The maximum absolute atomic E-state index is 13.5.